The molecule has 5 heterocycles. The van der Waals surface area contributed by atoms with E-state index in [0.717, 1.165) is 31.5 Å². The molecular weight excluding hydrogens is 594 g/mol. The zero-order valence-electron chi connectivity index (χ0n) is 24.3. The van der Waals surface area contributed by atoms with E-state index in [1.165, 1.54) is 36.1 Å². The minimum atomic E-state index is -3.76. The van der Waals surface area contributed by atoms with Gasteiger partial charge in [-0.3, -0.25) is 9.78 Å². The molecule has 15 heteroatoms. The van der Waals surface area contributed by atoms with Gasteiger partial charge < -0.3 is 24.8 Å². The highest BCUT2D eigenvalue weighted by atomic mass is 32.2. The van der Waals surface area contributed by atoms with Crippen LogP contribution in [0.3, 0.4) is 0 Å². The van der Waals surface area contributed by atoms with E-state index in [1.807, 2.05) is 0 Å². The molecule has 2 aliphatic rings. The number of rotatable bonds is 9. The lowest BCUT2D eigenvalue weighted by Crippen LogP contribution is -2.43. The quantitative estimate of drug-likeness (QED) is 0.283. The number of nitrogens with one attached hydrogen (secondary N) is 2. The molecule has 0 saturated carbocycles. The second-order valence-corrected chi connectivity index (χ2v) is 13.1. The highest BCUT2D eigenvalue weighted by molar-refractivity contribution is 7.91. The average molecular weight is 627 g/mol. The van der Waals surface area contributed by atoms with Gasteiger partial charge in [0.25, 0.3) is 12.3 Å². The number of carbonyl (C=O) groups is 1. The van der Waals surface area contributed by atoms with Crippen molar-refractivity contribution in [3.8, 4) is 5.75 Å². The van der Waals surface area contributed by atoms with Crippen LogP contribution < -0.4 is 15.4 Å². The first-order valence-electron chi connectivity index (χ1n) is 14.4. The second kappa shape index (κ2) is 12.0. The Kier molecular flexibility index (Phi) is 8.16. The fourth-order valence-corrected chi connectivity index (χ4v) is 6.59. The van der Waals surface area contributed by atoms with Crippen LogP contribution in [0.2, 0.25) is 0 Å². The predicted octanol–water partition coefficient (Wildman–Crippen LogP) is 3.50. The van der Waals surface area contributed by atoms with Crippen LogP contribution in [0.4, 0.5) is 20.4 Å². The molecule has 0 radical (unpaired) electrons. The maximum Gasteiger partial charge on any atom is 0.278 e. The highest BCUT2D eigenvalue weighted by Gasteiger charge is 2.27. The van der Waals surface area contributed by atoms with E-state index in [2.05, 4.69) is 42.5 Å². The van der Waals surface area contributed by atoms with Crippen molar-refractivity contribution < 1.29 is 26.7 Å². The van der Waals surface area contributed by atoms with Crippen molar-refractivity contribution in [2.75, 3.05) is 37.8 Å². The number of alkyl halides is 2. The molecule has 0 atom stereocenters. The fraction of sp³-hybridized carbons (Fsp3) is 0.414. The third-order valence-corrected chi connectivity index (χ3v) is 9.70. The fourth-order valence-electron chi connectivity index (χ4n) is 5.62. The molecule has 2 N–H and O–H groups in total. The molecule has 0 spiro atoms. The number of sulfone groups is 1. The largest absolute Gasteiger partial charge is 0.491 e. The summed E-state index contributed by atoms with van der Waals surface area (Å²) in [6.07, 6.45) is 3.46. The summed E-state index contributed by atoms with van der Waals surface area (Å²) in [5.74, 6) is 0.270. The van der Waals surface area contributed by atoms with Gasteiger partial charge in [0, 0.05) is 47.6 Å². The van der Waals surface area contributed by atoms with Crippen LogP contribution in [0.15, 0.2) is 41.8 Å². The van der Waals surface area contributed by atoms with E-state index in [4.69, 9.17) is 4.74 Å². The molecule has 1 amide bonds. The number of aromatic nitrogens is 5. The zero-order chi connectivity index (χ0) is 31.0. The maximum atomic E-state index is 14.1. The molecular formula is C29H32F2N8O4S. The Morgan fingerprint density at radius 3 is 2.68 bits per heavy atom. The Balaban J connectivity index is 1.31. The summed E-state index contributed by atoms with van der Waals surface area (Å²) in [6, 6.07) is 4.84. The molecule has 44 heavy (non-hydrogen) atoms. The number of likely N-dealkylation sites (tertiary alicyclic amines) is 1. The molecule has 1 saturated heterocycles. The van der Waals surface area contributed by atoms with Crippen LogP contribution in [0.5, 0.6) is 5.75 Å². The zero-order valence-corrected chi connectivity index (χ0v) is 25.1. The van der Waals surface area contributed by atoms with Crippen LogP contribution >= 0.6 is 0 Å². The third kappa shape index (κ3) is 5.80. The van der Waals surface area contributed by atoms with Crippen molar-refractivity contribution >= 4 is 38.4 Å². The number of hydrogen-bond donors (Lipinski definition) is 2. The molecule has 0 unspecified atom stereocenters. The van der Waals surface area contributed by atoms with Gasteiger partial charge in [0.1, 0.15) is 11.4 Å². The lowest BCUT2D eigenvalue weighted by Gasteiger charge is -2.29. The van der Waals surface area contributed by atoms with Crippen LogP contribution in [-0.2, 0) is 22.8 Å². The smallest absolute Gasteiger partial charge is 0.278 e. The number of nitrogens with zero attached hydrogens (tertiary/aromatic N) is 6. The Morgan fingerprint density at radius 2 is 1.93 bits per heavy atom. The average Bonchev–Trinajstić information content (AvgIpc) is 3.65. The van der Waals surface area contributed by atoms with E-state index in [-0.39, 0.29) is 52.3 Å². The molecule has 1 aromatic carbocycles. The summed E-state index contributed by atoms with van der Waals surface area (Å²) in [5.41, 5.74) is 1.69. The molecule has 6 rings (SSSR count). The van der Waals surface area contributed by atoms with Crippen molar-refractivity contribution in [2.24, 2.45) is 0 Å². The van der Waals surface area contributed by atoms with Crippen molar-refractivity contribution in [2.45, 2.75) is 50.2 Å². The third-order valence-electron chi connectivity index (χ3n) is 8.01. The van der Waals surface area contributed by atoms with Gasteiger partial charge in [-0.1, -0.05) is 6.92 Å². The van der Waals surface area contributed by atoms with E-state index in [1.54, 1.807) is 12.1 Å². The standard InChI is InChI=1S/C29H32F2N8O4S/c1-3-44(41,42)28-22(32-9-10-33-28)16-39-23(25(30)31)14-17-15-34-29(37-26(17)39)36-21-5-4-20(19-8-13-43-24(19)21)27(40)35-18-6-11-38(2)12-7-18/h4-5,9-10,14-15,18,25H,3,6-8,11-13,16H2,1-2H3,(H,35,40)(H,34,36,37). The van der Waals surface area contributed by atoms with Crippen molar-refractivity contribution in [3.63, 3.8) is 0 Å². The number of hydrogen-bond acceptors (Lipinski definition) is 10. The van der Waals surface area contributed by atoms with Gasteiger partial charge in [-0.15, -0.1) is 0 Å². The molecule has 0 bridgehead atoms. The van der Waals surface area contributed by atoms with Gasteiger partial charge >= 0.3 is 0 Å². The molecule has 12 nitrogen and oxygen atoms in total. The van der Waals surface area contributed by atoms with Crippen molar-refractivity contribution in [1.82, 2.24) is 34.7 Å². The molecule has 0 aliphatic carbocycles. The summed E-state index contributed by atoms with van der Waals surface area (Å²) in [6.45, 7) is 3.45. The van der Waals surface area contributed by atoms with E-state index in [9.17, 15) is 22.0 Å². The molecule has 4 aromatic rings. The number of benzene rings is 1. The van der Waals surface area contributed by atoms with Gasteiger partial charge in [-0.05, 0) is 51.2 Å². The van der Waals surface area contributed by atoms with E-state index >= 15 is 0 Å². The van der Waals surface area contributed by atoms with Crippen molar-refractivity contribution in [3.05, 3.63) is 59.3 Å². The lowest BCUT2D eigenvalue weighted by atomic mass is 10.0. The SMILES string of the molecule is CCS(=O)(=O)c1nccnc1Cn1c(C(F)F)cc2cnc(Nc3ccc(C(=O)NC4CCN(C)CC4)c4c3OCC4)nc21. The van der Waals surface area contributed by atoms with Crippen LogP contribution in [0.1, 0.15) is 53.5 Å². The van der Waals surface area contributed by atoms with Crippen LogP contribution in [0, 0.1) is 0 Å². The van der Waals surface area contributed by atoms with E-state index in [0.29, 0.717) is 35.4 Å². The summed E-state index contributed by atoms with van der Waals surface area (Å²) >= 11 is 0. The molecule has 2 aliphatic heterocycles. The molecule has 3 aromatic heterocycles. The molecule has 1 fully saturated rings. The van der Waals surface area contributed by atoms with E-state index < -0.39 is 16.3 Å². The van der Waals surface area contributed by atoms with Gasteiger partial charge in [0.2, 0.25) is 5.95 Å². The topological polar surface area (TPSA) is 144 Å². The van der Waals surface area contributed by atoms with Gasteiger partial charge in [-0.2, -0.15) is 4.98 Å². The number of piperidine rings is 1. The second-order valence-electron chi connectivity index (χ2n) is 10.9. The van der Waals surface area contributed by atoms with Gasteiger partial charge in [0.05, 0.1) is 36.0 Å². The number of ether oxygens (including phenoxy) is 1. The van der Waals surface area contributed by atoms with Gasteiger partial charge in [-0.25, -0.2) is 27.2 Å². The molecule has 232 valence electrons. The summed E-state index contributed by atoms with van der Waals surface area (Å²) < 4.78 is 60.7. The first-order valence-corrected chi connectivity index (χ1v) is 16.0. The highest BCUT2D eigenvalue weighted by Crippen LogP contribution is 2.38. The maximum absolute atomic E-state index is 14.1. The van der Waals surface area contributed by atoms with Gasteiger partial charge in [0.15, 0.2) is 14.9 Å². The number of anilines is 2. The van der Waals surface area contributed by atoms with Crippen LogP contribution in [-0.4, -0.2) is 82.3 Å². The summed E-state index contributed by atoms with van der Waals surface area (Å²) in [5, 5.41) is 6.35. The summed E-state index contributed by atoms with van der Waals surface area (Å²) in [7, 11) is -1.69. The first kappa shape index (κ1) is 29.8. The Hall–Kier alpha value is -4.24. The normalized spacial score (nSPS) is 15.8. The number of halogens is 2. The summed E-state index contributed by atoms with van der Waals surface area (Å²) in [4.78, 5) is 32.4. The predicted molar refractivity (Wildman–Crippen MR) is 158 cm³/mol. The monoisotopic (exact) mass is 626 g/mol. The Bertz CT molecular complexity index is 1820. The number of fused-ring (bicyclic) bond motifs is 2. The minimum absolute atomic E-state index is 0.0298. The van der Waals surface area contributed by atoms with Crippen molar-refractivity contribution in [1.29, 1.82) is 0 Å². The lowest BCUT2D eigenvalue weighted by molar-refractivity contribution is 0.0916. The first-order chi connectivity index (χ1) is 21.1. The number of carbonyl (C=O) groups excluding carboxylic acids is 1. The minimum Gasteiger partial charge on any atom is -0.491 e. The number of amides is 1. The van der Waals surface area contributed by atoms with Crippen LogP contribution in [0.25, 0.3) is 11.0 Å². The Labute approximate surface area is 252 Å². The Morgan fingerprint density at radius 1 is 1.16 bits per heavy atom.